The van der Waals surface area contributed by atoms with Gasteiger partial charge in [-0.2, -0.15) is 0 Å². The van der Waals surface area contributed by atoms with Crippen molar-refractivity contribution in [1.82, 2.24) is 4.90 Å². The Hall–Kier alpha value is -2.19. The van der Waals surface area contributed by atoms with E-state index in [1.165, 1.54) is 12.1 Å². The highest BCUT2D eigenvalue weighted by molar-refractivity contribution is 5.97. The Balaban J connectivity index is 0.00000208. The zero-order chi connectivity index (χ0) is 16.6. The number of nitrogens with zero attached hydrogens (tertiary/aromatic N) is 3. The molecule has 1 fully saturated rings. The number of anilines is 1. The highest BCUT2D eigenvalue weighted by Crippen LogP contribution is 2.32. The van der Waals surface area contributed by atoms with Crippen molar-refractivity contribution in [3.05, 3.63) is 33.9 Å². The molecule has 1 atom stereocenters. The van der Waals surface area contributed by atoms with Gasteiger partial charge in [0.25, 0.3) is 5.69 Å². The summed E-state index contributed by atoms with van der Waals surface area (Å²) in [5.41, 5.74) is 1.49. The van der Waals surface area contributed by atoms with E-state index in [9.17, 15) is 19.7 Å². The van der Waals surface area contributed by atoms with Gasteiger partial charge in [-0.3, -0.25) is 24.6 Å². The molecule has 1 aromatic rings. The largest absolute Gasteiger partial charge is 0.481 e. The average molecular weight is 356 g/mol. The van der Waals surface area contributed by atoms with Crippen LogP contribution in [0.3, 0.4) is 0 Å². The van der Waals surface area contributed by atoms with Gasteiger partial charge in [0.1, 0.15) is 0 Å². The van der Waals surface area contributed by atoms with Crippen molar-refractivity contribution >= 4 is 35.7 Å². The first-order chi connectivity index (χ1) is 11.0. The first-order valence-electron chi connectivity index (χ1n) is 7.48. The van der Waals surface area contributed by atoms with Gasteiger partial charge in [0.15, 0.2) is 0 Å². The molecule has 0 aromatic heterocycles. The maximum Gasteiger partial charge on any atom is 0.307 e. The number of carbonyl (C=O) groups is 2. The van der Waals surface area contributed by atoms with Gasteiger partial charge < -0.3 is 10.0 Å². The number of carboxylic acid groups (broad SMARTS) is 1. The fraction of sp³-hybridized carbons (Fsp3) is 0.467. The monoisotopic (exact) mass is 355 g/mol. The molecular weight excluding hydrogens is 338 g/mol. The van der Waals surface area contributed by atoms with Crippen LogP contribution in [-0.2, 0) is 16.0 Å². The summed E-state index contributed by atoms with van der Waals surface area (Å²) in [6, 6.07) is 4.58. The van der Waals surface area contributed by atoms with Gasteiger partial charge >= 0.3 is 5.97 Å². The number of benzene rings is 1. The number of hydrogen-bond acceptors (Lipinski definition) is 5. The summed E-state index contributed by atoms with van der Waals surface area (Å²) in [5, 5.41) is 19.9. The van der Waals surface area contributed by atoms with E-state index in [0.717, 1.165) is 5.56 Å². The Morgan fingerprint density at radius 1 is 1.33 bits per heavy atom. The summed E-state index contributed by atoms with van der Waals surface area (Å²) >= 11 is 0. The van der Waals surface area contributed by atoms with E-state index in [4.69, 9.17) is 5.11 Å². The molecule has 24 heavy (non-hydrogen) atoms. The molecule has 0 radical (unpaired) electrons. The quantitative estimate of drug-likeness (QED) is 0.645. The number of nitro benzene ring substituents is 1. The van der Waals surface area contributed by atoms with Crippen LogP contribution < -0.4 is 4.90 Å². The molecule has 2 aliphatic rings. The fourth-order valence-corrected chi connectivity index (χ4v) is 3.19. The lowest BCUT2D eigenvalue weighted by Gasteiger charge is -2.21. The third-order valence-corrected chi connectivity index (χ3v) is 4.46. The number of aliphatic carboxylic acids is 1. The summed E-state index contributed by atoms with van der Waals surface area (Å²) in [4.78, 5) is 37.3. The van der Waals surface area contributed by atoms with Gasteiger partial charge in [-0.25, -0.2) is 0 Å². The van der Waals surface area contributed by atoms with Gasteiger partial charge in [-0.15, -0.1) is 12.4 Å². The molecule has 9 heteroatoms. The molecule has 0 aliphatic carbocycles. The Morgan fingerprint density at radius 3 is 2.71 bits per heavy atom. The van der Waals surface area contributed by atoms with Crippen LogP contribution in [0.1, 0.15) is 12.0 Å². The molecule has 1 N–H and O–H groups in total. The van der Waals surface area contributed by atoms with Crippen LogP contribution in [0.5, 0.6) is 0 Å². The number of rotatable bonds is 4. The number of hydrogen-bond donors (Lipinski definition) is 1. The highest BCUT2D eigenvalue weighted by atomic mass is 35.5. The SMILES string of the molecule is Cl.O=C(O)C1CCN(CC(=O)N2CCc3ccc([N+](=O)[O-])cc32)C1. The molecule has 3 rings (SSSR count). The molecular formula is C15H18ClN3O5. The maximum atomic E-state index is 12.5. The molecule has 1 saturated heterocycles. The highest BCUT2D eigenvalue weighted by Gasteiger charge is 2.32. The smallest absolute Gasteiger partial charge is 0.307 e. The van der Waals surface area contributed by atoms with Crippen molar-refractivity contribution in [3.8, 4) is 0 Å². The summed E-state index contributed by atoms with van der Waals surface area (Å²) < 4.78 is 0. The van der Waals surface area contributed by atoms with E-state index in [1.54, 1.807) is 11.0 Å². The molecule has 1 aromatic carbocycles. The molecule has 0 saturated carbocycles. The van der Waals surface area contributed by atoms with Gasteiger partial charge in [0, 0.05) is 25.2 Å². The van der Waals surface area contributed by atoms with Crippen LogP contribution in [0.25, 0.3) is 0 Å². The van der Waals surface area contributed by atoms with Crippen LogP contribution in [0, 0.1) is 16.0 Å². The number of halogens is 1. The lowest BCUT2D eigenvalue weighted by molar-refractivity contribution is -0.384. The van der Waals surface area contributed by atoms with Crippen LogP contribution in [0.15, 0.2) is 18.2 Å². The van der Waals surface area contributed by atoms with E-state index in [0.29, 0.717) is 38.2 Å². The predicted molar refractivity (Wildman–Crippen MR) is 88.6 cm³/mol. The number of carbonyl (C=O) groups excluding carboxylic acids is 1. The second kappa shape index (κ2) is 7.14. The second-order valence-corrected chi connectivity index (χ2v) is 5.92. The summed E-state index contributed by atoms with van der Waals surface area (Å²) in [6.07, 6.45) is 1.22. The van der Waals surface area contributed by atoms with E-state index >= 15 is 0 Å². The standard InChI is InChI=1S/C15H17N3O5.ClH/c19-14(9-16-5-3-11(8-16)15(20)21)17-6-4-10-1-2-12(18(22)23)7-13(10)17;/h1-2,7,11H,3-6,8-9H2,(H,20,21);1H. The number of non-ortho nitro benzene ring substituents is 1. The van der Waals surface area contributed by atoms with E-state index in [1.807, 2.05) is 4.90 Å². The van der Waals surface area contributed by atoms with Crippen molar-refractivity contribution in [2.45, 2.75) is 12.8 Å². The molecule has 8 nitrogen and oxygen atoms in total. The van der Waals surface area contributed by atoms with Crippen molar-refractivity contribution in [2.75, 3.05) is 31.1 Å². The molecule has 2 aliphatic heterocycles. The fourth-order valence-electron chi connectivity index (χ4n) is 3.19. The Morgan fingerprint density at radius 2 is 2.08 bits per heavy atom. The second-order valence-electron chi connectivity index (χ2n) is 5.92. The third-order valence-electron chi connectivity index (χ3n) is 4.46. The zero-order valence-electron chi connectivity index (χ0n) is 12.9. The number of carboxylic acids is 1. The first-order valence-corrected chi connectivity index (χ1v) is 7.48. The van der Waals surface area contributed by atoms with Gasteiger partial charge in [0.05, 0.1) is 23.1 Å². The van der Waals surface area contributed by atoms with Gasteiger partial charge in [0.2, 0.25) is 5.91 Å². The molecule has 0 spiro atoms. The molecule has 130 valence electrons. The predicted octanol–water partition coefficient (Wildman–Crippen LogP) is 1.31. The number of nitro groups is 1. The number of likely N-dealkylation sites (tertiary alicyclic amines) is 1. The topological polar surface area (TPSA) is 104 Å². The lowest BCUT2D eigenvalue weighted by Crippen LogP contribution is -2.39. The van der Waals surface area contributed by atoms with Gasteiger partial charge in [-0.05, 0) is 24.9 Å². The summed E-state index contributed by atoms with van der Waals surface area (Å²) in [6.45, 7) is 1.60. The Kier molecular flexibility index (Phi) is 5.40. The van der Waals surface area contributed by atoms with Crippen molar-refractivity contribution < 1.29 is 19.6 Å². The maximum absolute atomic E-state index is 12.5. The van der Waals surface area contributed by atoms with E-state index in [-0.39, 0.29) is 30.5 Å². The summed E-state index contributed by atoms with van der Waals surface area (Å²) in [5.74, 6) is -1.40. The van der Waals surface area contributed by atoms with Crippen LogP contribution >= 0.6 is 12.4 Å². The van der Waals surface area contributed by atoms with Crippen LogP contribution in [-0.4, -0.2) is 53.0 Å². The number of amides is 1. The van der Waals surface area contributed by atoms with E-state index < -0.39 is 16.8 Å². The Labute approximate surface area is 144 Å². The molecule has 1 amide bonds. The zero-order valence-corrected chi connectivity index (χ0v) is 13.7. The minimum absolute atomic E-state index is 0. The average Bonchev–Trinajstić information content (AvgIpc) is 3.12. The molecule has 0 bridgehead atoms. The molecule has 1 unspecified atom stereocenters. The van der Waals surface area contributed by atoms with Gasteiger partial charge in [-0.1, -0.05) is 6.07 Å². The van der Waals surface area contributed by atoms with E-state index in [2.05, 4.69) is 0 Å². The first kappa shape index (κ1) is 18.2. The van der Waals surface area contributed by atoms with Crippen LogP contribution in [0.2, 0.25) is 0 Å². The van der Waals surface area contributed by atoms with Crippen molar-refractivity contribution in [1.29, 1.82) is 0 Å². The van der Waals surface area contributed by atoms with Crippen molar-refractivity contribution in [3.63, 3.8) is 0 Å². The normalized spacial score (nSPS) is 19.7. The summed E-state index contributed by atoms with van der Waals surface area (Å²) in [7, 11) is 0. The minimum Gasteiger partial charge on any atom is -0.481 e. The van der Waals surface area contributed by atoms with Crippen molar-refractivity contribution in [2.24, 2.45) is 5.92 Å². The third kappa shape index (κ3) is 3.49. The lowest BCUT2D eigenvalue weighted by atomic mass is 10.1. The number of fused-ring (bicyclic) bond motifs is 1. The Bertz CT molecular complexity index is 681. The molecule has 2 heterocycles. The van der Waals surface area contributed by atoms with Crippen LogP contribution in [0.4, 0.5) is 11.4 Å². The minimum atomic E-state index is -0.831.